The van der Waals surface area contributed by atoms with Crippen LogP contribution in [0.1, 0.15) is 32.6 Å². The first-order chi connectivity index (χ1) is 6.66. The molecule has 2 rings (SSSR count). The Kier molecular flexibility index (Phi) is 2.21. The molecule has 14 heavy (non-hydrogen) atoms. The summed E-state index contributed by atoms with van der Waals surface area (Å²) in [5.74, 6) is 1.48. The van der Waals surface area contributed by atoms with Crippen molar-refractivity contribution < 1.29 is 4.79 Å². The number of carbonyl (C=O) groups is 1. The zero-order chi connectivity index (χ0) is 10.2. The molecule has 0 radical (unpaired) electrons. The van der Waals surface area contributed by atoms with E-state index >= 15 is 0 Å². The number of carbonyl (C=O) groups excluding carboxylic acids is 1. The molecular weight excluding hydrogens is 178 g/mol. The van der Waals surface area contributed by atoms with Crippen molar-refractivity contribution in [1.29, 1.82) is 0 Å². The van der Waals surface area contributed by atoms with Gasteiger partial charge in [-0.05, 0) is 31.6 Å². The summed E-state index contributed by atoms with van der Waals surface area (Å²) in [6.45, 7) is 2.24. The highest BCUT2D eigenvalue weighted by molar-refractivity contribution is 6.09. The number of nitrogens with zero attached hydrogens (tertiary/aromatic N) is 1. The third-order valence-electron chi connectivity index (χ3n) is 3.38. The molecule has 0 aromatic heterocycles. The van der Waals surface area contributed by atoms with Crippen LogP contribution in [0.2, 0.25) is 0 Å². The average molecular weight is 195 g/mol. The lowest BCUT2D eigenvalue weighted by Gasteiger charge is -2.33. The van der Waals surface area contributed by atoms with E-state index in [1.54, 1.807) is 7.05 Å². The molecule has 1 aliphatic heterocycles. The molecule has 0 aromatic carbocycles. The Hall–Kier alpha value is -1.06. The Morgan fingerprint density at radius 1 is 1.43 bits per heavy atom. The molecule has 4 nitrogen and oxygen atoms in total. The summed E-state index contributed by atoms with van der Waals surface area (Å²) >= 11 is 0. The van der Waals surface area contributed by atoms with Crippen molar-refractivity contribution in [2.75, 3.05) is 7.05 Å². The standard InChI is InChI=1S/C10H17N3O/c1-7-3-5-10(6-4-7)8(14)12-9(11-2)13-10/h7H,3-6H2,1-2H3,(H2,11,12,13,14). The van der Waals surface area contributed by atoms with E-state index in [0.717, 1.165) is 31.6 Å². The van der Waals surface area contributed by atoms with Crippen LogP contribution < -0.4 is 10.6 Å². The molecule has 1 aliphatic carbocycles. The molecule has 0 atom stereocenters. The third-order valence-corrected chi connectivity index (χ3v) is 3.38. The van der Waals surface area contributed by atoms with E-state index in [2.05, 4.69) is 22.5 Å². The van der Waals surface area contributed by atoms with Gasteiger partial charge in [0.05, 0.1) is 0 Å². The summed E-state index contributed by atoms with van der Waals surface area (Å²) in [6, 6.07) is 0. The monoisotopic (exact) mass is 195 g/mol. The van der Waals surface area contributed by atoms with Crippen LogP contribution in [-0.2, 0) is 4.79 Å². The summed E-state index contributed by atoms with van der Waals surface area (Å²) in [5.41, 5.74) is -0.346. The second-order valence-electron chi connectivity index (χ2n) is 4.42. The number of rotatable bonds is 0. The molecule has 1 amide bonds. The summed E-state index contributed by atoms with van der Waals surface area (Å²) < 4.78 is 0. The van der Waals surface area contributed by atoms with Crippen molar-refractivity contribution in [3.05, 3.63) is 0 Å². The van der Waals surface area contributed by atoms with Gasteiger partial charge in [0.1, 0.15) is 5.54 Å². The summed E-state index contributed by atoms with van der Waals surface area (Å²) in [5, 5.41) is 5.99. The minimum atomic E-state index is -0.346. The number of hydrogen-bond acceptors (Lipinski definition) is 2. The quantitative estimate of drug-likeness (QED) is 0.596. The molecule has 1 spiro atoms. The maximum absolute atomic E-state index is 11.8. The van der Waals surface area contributed by atoms with Crippen LogP contribution in [0.5, 0.6) is 0 Å². The lowest BCUT2D eigenvalue weighted by molar-refractivity contribution is -0.125. The molecule has 0 bridgehead atoms. The first kappa shape index (κ1) is 9.49. The molecule has 78 valence electrons. The molecule has 2 N–H and O–H groups in total. The van der Waals surface area contributed by atoms with Crippen molar-refractivity contribution in [1.82, 2.24) is 10.6 Å². The van der Waals surface area contributed by atoms with Crippen molar-refractivity contribution in [2.24, 2.45) is 10.9 Å². The first-order valence-electron chi connectivity index (χ1n) is 5.23. The van der Waals surface area contributed by atoms with Gasteiger partial charge in [0.15, 0.2) is 5.96 Å². The topological polar surface area (TPSA) is 53.5 Å². The Bertz CT molecular complexity index is 277. The fourth-order valence-electron chi connectivity index (χ4n) is 2.26. The van der Waals surface area contributed by atoms with Crippen LogP contribution in [0, 0.1) is 5.92 Å². The second kappa shape index (κ2) is 3.26. The second-order valence-corrected chi connectivity index (χ2v) is 4.42. The SMILES string of the molecule is CN=C1NC(=O)C2(CCC(C)CC2)N1. The molecule has 1 heterocycles. The van der Waals surface area contributed by atoms with E-state index < -0.39 is 0 Å². The number of nitrogens with one attached hydrogen (secondary N) is 2. The number of amides is 1. The van der Waals surface area contributed by atoms with Gasteiger partial charge in [-0.1, -0.05) is 6.92 Å². The van der Waals surface area contributed by atoms with Gasteiger partial charge in [-0.25, -0.2) is 0 Å². The molecule has 1 saturated heterocycles. The molecule has 2 aliphatic rings. The van der Waals surface area contributed by atoms with Gasteiger partial charge in [0.25, 0.3) is 5.91 Å². The predicted octanol–water partition coefficient (Wildman–Crippen LogP) is 0.640. The molecular formula is C10H17N3O. The molecule has 1 saturated carbocycles. The number of aliphatic imine (C=N–C) groups is 1. The van der Waals surface area contributed by atoms with E-state index in [4.69, 9.17) is 0 Å². The lowest BCUT2D eigenvalue weighted by Crippen LogP contribution is -2.49. The van der Waals surface area contributed by atoms with E-state index in [-0.39, 0.29) is 11.4 Å². The van der Waals surface area contributed by atoms with Gasteiger partial charge >= 0.3 is 0 Å². The van der Waals surface area contributed by atoms with Crippen LogP contribution in [0.25, 0.3) is 0 Å². The highest BCUT2D eigenvalue weighted by atomic mass is 16.2. The van der Waals surface area contributed by atoms with Gasteiger partial charge in [-0.15, -0.1) is 0 Å². The third kappa shape index (κ3) is 1.38. The Balaban J connectivity index is 2.13. The maximum Gasteiger partial charge on any atom is 0.252 e. The lowest BCUT2D eigenvalue weighted by atomic mass is 9.77. The van der Waals surface area contributed by atoms with E-state index in [1.165, 1.54) is 0 Å². The Morgan fingerprint density at radius 2 is 2.07 bits per heavy atom. The van der Waals surface area contributed by atoms with Crippen molar-refractivity contribution >= 4 is 11.9 Å². The highest BCUT2D eigenvalue weighted by Crippen LogP contribution is 2.33. The van der Waals surface area contributed by atoms with Gasteiger partial charge < -0.3 is 5.32 Å². The number of guanidine groups is 1. The van der Waals surface area contributed by atoms with Gasteiger partial charge in [-0.3, -0.25) is 15.1 Å². The zero-order valence-electron chi connectivity index (χ0n) is 8.76. The van der Waals surface area contributed by atoms with Crippen molar-refractivity contribution in [3.8, 4) is 0 Å². The largest absolute Gasteiger partial charge is 0.342 e. The molecule has 0 unspecified atom stereocenters. The maximum atomic E-state index is 11.8. The molecule has 4 heteroatoms. The Morgan fingerprint density at radius 3 is 2.57 bits per heavy atom. The van der Waals surface area contributed by atoms with Crippen LogP contribution in [0.3, 0.4) is 0 Å². The average Bonchev–Trinajstić information content (AvgIpc) is 2.49. The first-order valence-corrected chi connectivity index (χ1v) is 5.23. The van der Waals surface area contributed by atoms with Crippen molar-refractivity contribution in [2.45, 2.75) is 38.1 Å². The molecule has 0 aromatic rings. The van der Waals surface area contributed by atoms with Gasteiger partial charge in [-0.2, -0.15) is 0 Å². The van der Waals surface area contributed by atoms with Crippen molar-refractivity contribution in [3.63, 3.8) is 0 Å². The minimum Gasteiger partial charge on any atom is -0.342 e. The van der Waals surface area contributed by atoms with Gasteiger partial charge in [0, 0.05) is 7.05 Å². The van der Waals surface area contributed by atoms with E-state index in [1.807, 2.05) is 0 Å². The summed E-state index contributed by atoms with van der Waals surface area (Å²) in [7, 11) is 1.69. The van der Waals surface area contributed by atoms with Crippen LogP contribution >= 0.6 is 0 Å². The normalized spacial score (nSPS) is 40.0. The van der Waals surface area contributed by atoms with Gasteiger partial charge in [0.2, 0.25) is 0 Å². The predicted molar refractivity (Wildman–Crippen MR) is 55.0 cm³/mol. The van der Waals surface area contributed by atoms with E-state index in [0.29, 0.717) is 5.96 Å². The minimum absolute atomic E-state index is 0.102. The summed E-state index contributed by atoms with van der Waals surface area (Å²) in [4.78, 5) is 15.8. The zero-order valence-corrected chi connectivity index (χ0v) is 8.76. The van der Waals surface area contributed by atoms with Crippen LogP contribution in [0.15, 0.2) is 4.99 Å². The molecule has 2 fully saturated rings. The summed E-state index contributed by atoms with van der Waals surface area (Å²) in [6.07, 6.45) is 4.10. The highest BCUT2D eigenvalue weighted by Gasteiger charge is 2.46. The smallest absolute Gasteiger partial charge is 0.252 e. The van der Waals surface area contributed by atoms with Crippen LogP contribution in [-0.4, -0.2) is 24.5 Å². The fraction of sp³-hybridized carbons (Fsp3) is 0.800. The van der Waals surface area contributed by atoms with Crippen LogP contribution in [0.4, 0.5) is 0 Å². The Labute approximate surface area is 84.2 Å². The fourth-order valence-corrected chi connectivity index (χ4v) is 2.26. The number of hydrogen-bond donors (Lipinski definition) is 2. The van der Waals surface area contributed by atoms with E-state index in [9.17, 15) is 4.79 Å².